The molecular weight excluding hydrogens is 425 g/mol. The summed E-state index contributed by atoms with van der Waals surface area (Å²) in [5.74, 6) is 0.790. The highest BCUT2D eigenvalue weighted by Crippen LogP contribution is 2.22. The Morgan fingerprint density at radius 3 is 2.57 bits per heavy atom. The molecule has 130 valence electrons. The molecule has 2 N–H and O–H groups in total. The molecule has 0 spiro atoms. The van der Waals surface area contributed by atoms with Crippen LogP contribution in [-0.4, -0.2) is 62.6 Å². The Morgan fingerprint density at radius 1 is 1.35 bits per heavy atom. The van der Waals surface area contributed by atoms with Gasteiger partial charge < -0.3 is 20.4 Å². The summed E-state index contributed by atoms with van der Waals surface area (Å²) in [6.07, 6.45) is 0. The minimum Gasteiger partial charge on any atom is -0.360 e. The number of rotatable bonds is 4. The predicted molar refractivity (Wildman–Crippen MR) is 108 cm³/mol. The molecule has 1 aliphatic rings. The van der Waals surface area contributed by atoms with E-state index in [1.165, 1.54) is 5.00 Å². The van der Waals surface area contributed by atoms with Crippen LogP contribution >= 0.6 is 35.3 Å². The molecule has 0 aliphatic carbocycles. The first-order valence-corrected chi connectivity index (χ1v) is 8.51. The number of nitrogens with one attached hydrogen (secondary N) is 2. The zero-order valence-electron chi connectivity index (χ0n) is 13.9. The van der Waals surface area contributed by atoms with E-state index in [1.54, 1.807) is 18.4 Å². The van der Waals surface area contributed by atoms with Crippen LogP contribution in [-0.2, 0) is 4.79 Å². The summed E-state index contributed by atoms with van der Waals surface area (Å²) in [5, 5.41) is 9.44. The summed E-state index contributed by atoms with van der Waals surface area (Å²) in [5.41, 5.74) is 0. The first kappa shape index (κ1) is 20.0. The molecule has 1 fully saturated rings. The van der Waals surface area contributed by atoms with Gasteiger partial charge in [-0.2, -0.15) is 0 Å². The molecule has 1 aromatic heterocycles. The molecule has 0 atom stereocenters. The third kappa shape index (κ3) is 6.17. The van der Waals surface area contributed by atoms with E-state index in [-0.39, 0.29) is 42.5 Å². The molecule has 0 aromatic carbocycles. The van der Waals surface area contributed by atoms with E-state index in [2.05, 4.69) is 42.9 Å². The number of halogens is 1. The van der Waals surface area contributed by atoms with Gasteiger partial charge in [0.2, 0.25) is 5.91 Å². The second-order valence-corrected chi connectivity index (χ2v) is 6.47. The number of hydrogen-bond acceptors (Lipinski definition) is 4. The van der Waals surface area contributed by atoms with Crippen molar-refractivity contribution in [1.29, 1.82) is 0 Å². The molecule has 1 amide bonds. The smallest absolute Gasteiger partial charge is 0.239 e. The van der Waals surface area contributed by atoms with Crippen LogP contribution in [0.3, 0.4) is 0 Å². The van der Waals surface area contributed by atoms with E-state index < -0.39 is 0 Å². The Balaban J connectivity index is 0.00000264. The van der Waals surface area contributed by atoms with Gasteiger partial charge >= 0.3 is 0 Å². The maximum absolute atomic E-state index is 11.7. The fourth-order valence-electron chi connectivity index (χ4n) is 2.45. The van der Waals surface area contributed by atoms with Gasteiger partial charge in [0, 0.05) is 39.3 Å². The van der Waals surface area contributed by atoms with Crippen LogP contribution in [0.15, 0.2) is 22.5 Å². The number of piperazine rings is 1. The Labute approximate surface area is 159 Å². The average Bonchev–Trinajstić information content (AvgIpc) is 3.02. The van der Waals surface area contributed by atoms with Crippen LogP contribution in [0.2, 0.25) is 0 Å². The van der Waals surface area contributed by atoms with E-state index in [1.807, 2.05) is 13.8 Å². The Kier molecular flexibility index (Phi) is 8.67. The van der Waals surface area contributed by atoms with E-state index >= 15 is 0 Å². The van der Waals surface area contributed by atoms with Crippen molar-refractivity contribution in [3.8, 4) is 0 Å². The van der Waals surface area contributed by atoms with Crippen LogP contribution in [0.25, 0.3) is 0 Å². The highest BCUT2D eigenvalue weighted by molar-refractivity contribution is 14.0. The fourth-order valence-corrected chi connectivity index (χ4v) is 3.24. The van der Waals surface area contributed by atoms with E-state index in [9.17, 15) is 4.79 Å². The van der Waals surface area contributed by atoms with Crippen molar-refractivity contribution in [1.82, 2.24) is 15.5 Å². The van der Waals surface area contributed by atoms with Gasteiger partial charge in [-0.05, 0) is 31.4 Å². The molecule has 0 bridgehead atoms. The molecule has 6 nitrogen and oxygen atoms in total. The molecule has 2 rings (SSSR count). The van der Waals surface area contributed by atoms with Crippen molar-refractivity contribution < 1.29 is 4.79 Å². The van der Waals surface area contributed by atoms with E-state index in [0.29, 0.717) is 0 Å². The second-order valence-electron chi connectivity index (χ2n) is 5.55. The van der Waals surface area contributed by atoms with Crippen LogP contribution in [0.5, 0.6) is 0 Å². The standard InChI is InChI=1S/C15H25N5OS.HI/c1-12(2)18-13(21)11-17-15(16-3)20-8-6-19(7-9-20)14-5-4-10-22-14;/h4-5,10,12H,6-9,11H2,1-3H3,(H,16,17)(H,18,21);1H. The number of carbonyl (C=O) groups is 1. The van der Waals surface area contributed by atoms with Gasteiger partial charge in [0.05, 0.1) is 11.5 Å². The van der Waals surface area contributed by atoms with Gasteiger partial charge in [0.1, 0.15) is 0 Å². The summed E-state index contributed by atoms with van der Waals surface area (Å²) in [6, 6.07) is 4.40. The van der Waals surface area contributed by atoms with Crippen molar-refractivity contribution in [2.24, 2.45) is 4.99 Å². The summed E-state index contributed by atoms with van der Waals surface area (Å²) < 4.78 is 0. The lowest BCUT2D eigenvalue weighted by molar-refractivity contribution is -0.120. The number of nitrogens with zero attached hydrogens (tertiary/aromatic N) is 3. The van der Waals surface area contributed by atoms with Crippen molar-refractivity contribution in [2.45, 2.75) is 19.9 Å². The lowest BCUT2D eigenvalue weighted by Crippen LogP contribution is -2.53. The lowest BCUT2D eigenvalue weighted by Gasteiger charge is -2.36. The maximum Gasteiger partial charge on any atom is 0.239 e. The van der Waals surface area contributed by atoms with Gasteiger partial charge in [-0.3, -0.25) is 9.79 Å². The van der Waals surface area contributed by atoms with E-state index in [0.717, 1.165) is 32.1 Å². The van der Waals surface area contributed by atoms with Crippen LogP contribution in [0.4, 0.5) is 5.00 Å². The fraction of sp³-hybridized carbons (Fsp3) is 0.600. The molecule has 1 aromatic rings. The molecule has 0 unspecified atom stereocenters. The van der Waals surface area contributed by atoms with Gasteiger partial charge in [-0.1, -0.05) is 0 Å². The number of aliphatic imine (C=N–C) groups is 1. The third-order valence-electron chi connectivity index (χ3n) is 3.47. The van der Waals surface area contributed by atoms with Crippen molar-refractivity contribution in [2.75, 3.05) is 44.7 Å². The molecule has 23 heavy (non-hydrogen) atoms. The largest absolute Gasteiger partial charge is 0.360 e. The quantitative estimate of drug-likeness (QED) is 0.415. The molecule has 0 radical (unpaired) electrons. The first-order chi connectivity index (χ1) is 10.6. The van der Waals surface area contributed by atoms with Crippen molar-refractivity contribution in [3.05, 3.63) is 17.5 Å². The zero-order chi connectivity index (χ0) is 15.9. The van der Waals surface area contributed by atoms with Gasteiger partial charge in [0.15, 0.2) is 5.96 Å². The van der Waals surface area contributed by atoms with E-state index in [4.69, 9.17) is 0 Å². The third-order valence-corrected chi connectivity index (χ3v) is 4.39. The molecule has 8 heteroatoms. The highest BCUT2D eigenvalue weighted by Gasteiger charge is 2.20. The molecule has 1 saturated heterocycles. The van der Waals surface area contributed by atoms with Crippen LogP contribution in [0.1, 0.15) is 13.8 Å². The van der Waals surface area contributed by atoms with Gasteiger partial charge in [-0.15, -0.1) is 35.3 Å². The highest BCUT2D eigenvalue weighted by atomic mass is 127. The number of hydrogen-bond donors (Lipinski definition) is 2. The SMILES string of the molecule is CN=C(NCC(=O)NC(C)C)N1CCN(c2cccs2)CC1.I. The second kappa shape index (κ2) is 9.96. The minimum atomic E-state index is -0.00614. The normalized spacial score (nSPS) is 15.4. The average molecular weight is 451 g/mol. The summed E-state index contributed by atoms with van der Waals surface area (Å²) in [4.78, 5) is 20.6. The van der Waals surface area contributed by atoms with Crippen LogP contribution < -0.4 is 15.5 Å². The zero-order valence-corrected chi connectivity index (χ0v) is 17.1. The van der Waals surface area contributed by atoms with Crippen molar-refractivity contribution in [3.63, 3.8) is 0 Å². The molecular formula is C15H26IN5OS. The Bertz CT molecular complexity index is 498. The molecule has 0 saturated carbocycles. The predicted octanol–water partition coefficient (Wildman–Crippen LogP) is 1.59. The monoisotopic (exact) mass is 451 g/mol. The minimum absolute atomic E-state index is 0. The summed E-state index contributed by atoms with van der Waals surface area (Å²) >= 11 is 1.77. The molecule has 1 aliphatic heterocycles. The number of thiophene rings is 1. The molecule has 2 heterocycles. The van der Waals surface area contributed by atoms with Gasteiger partial charge in [0.25, 0.3) is 0 Å². The van der Waals surface area contributed by atoms with Crippen molar-refractivity contribution >= 4 is 52.2 Å². The summed E-state index contributed by atoms with van der Waals surface area (Å²) in [7, 11) is 1.76. The number of anilines is 1. The maximum atomic E-state index is 11.7. The number of carbonyl (C=O) groups excluding carboxylic acids is 1. The van der Waals surface area contributed by atoms with Gasteiger partial charge in [-0.25, -0.2) is 0 Å². The first-order valence-electron chi connectivity index (χ1n) is 7.63. The number of guanidine groups is 1. The Morgan fingerprint density at radius 2 is 2.04 bits per heavy atom. The Hall–Kier alpha value is -1.03. The number of amides is 1. The summed E-state index contributed by atoms with van der Waals surface area (Å²) in [6.45, 7) is 7.93. The van der Waals surface area contributed by atoms with Crippen LogP contribution in [0, 0.1) is 0 Å². The topological polar surface area (TPSA) is 60.0 Å². The lowest BCUT2D eigenvalue weighted by atomic mass is 10.3.